The van der Waals surface area contributed by atoms with E-state index in [4.69, 9.17) is 0 Å². The average Bonchev–Trinajstić information content (AvgIpc) is 2.93. The number of likely N-dealkylation sites (tertiary alicyclic amines) is 1. The number of β-amino-alcohol motifs (C(OH)–C–C–N with tert-alkyl or cyclic N) is 1. The third-order valence-corrected chi connectivity index (χ3v) is 4.67. The van der Waals surface area contributed by atoms with Gasteiger partial charge in [0.25, 0.3) is 5.91 Å². The van der Waals surface area contributed by atoms with Gasteiger partial charge in [0.15, 0.2) is 0 Å². The number of halogens is 1. The molecule has 1 amide bonds. The number of carbonyl (C=O) groups excluding carboxylic acids is 1. The maximum absolute atomic E-state index is 13.2. The fourth-order valence-electron chi connectivity index (χ4n) is 3.37. The van der Waals surface area contributed by atoms with Crippen LogP contribution in [0.1, 0.15) is 27.9 Å². The van der Waals surface area contributed by atoms with Crippen molar-refractivity contribution in [3.05, 3.63) is 71.0 Å². The second-order valence-corrected chi connectivity index (χ2v) is 6.63. The summed E-state index contributed by atoms with van der Waals surface area (Å²) in [7, 11) is 0. The second-order valence-electron chi connectivity index (χ2n) is 6.63. The Kier molecular flexibility index (Phi) is 5.46. The number of aliphatic hydroxyl groups is 1. The molecular weight excluding hydrogens is 319 g/mol. The van der Waals surface area contributed by atoms with E-state index in [1.54, 1.807) is 6.92 Å². The lowest BCUT2D eigenvalue weighted by Gasteiger charge is -2.24. The third kappa shape index (κ3) is 4.44. The van der Waals surface area contributed by atoms with Crippen LogP contribution in [0.25, 0.3) is 0 Å². The summed E-state index contributed by atoms with van der Waals surface area (Å²) in [6.45, 7) is 3.53. The van der Waals surface area contributed by atoms with Gasteiger partial charge in [-0.1, -0.05) is 30.3 Å². The Bertz CT molecular complexity index is 736. The topological polar surface area (TPSA) is 52.6 Å². The molecule has 0 aliphatic carbocycles. The van der Waals surface area contributed by atoms with E-state index in [1.165, 1.54) is 23.8 Å². The first-order valence-electron chi connectivity index (χ1n) is 8.53. The van der Waals surface area contributed by atoms with Gasteiger partial charge >= 0.3 is 0 Å². The highest BCUT2D eigenvalue weighted by Gasteiger charge is 2.31. The Balaban J connectivity index is 1.61. The van der Waals surface area contributed by atoms with E-state index in [0.717, 1.165) is 6.54 Å². The summed E-state index contributed by atoms with van der Waals surface area (Å²) in [4.78, 5) is 14.6. The molecule has 1 aliphatic rings. The van der Waals surface area contributed by atoms with Gasteiger partial charge in [0, 0.05) is 31.2 Å². The quantitative estimate of drug-likeness (QED) is 0.878. The molecule has 2 N–H and O–H groups in total. The minimum absolute atomic E-state index is 0.0833. The normalized spacial score (nSPS) is 20.6. The second kappa shape index (κ2) is 7.76. The number of nitrogens with one attached hydrogen (secondary N) is 1. The fraction of sp³-hybridized carbons (Fsp3) is 0.350. The van der Waals surface area contributed by atoms with E-state index in [9.17, 15) is 14.3 Å². The van der Waals surface area contributed by atoms with Gasteiger partial charge in [-0.2, -0.15) is 0 Å². The number of aryl methyl sites for hydroxylation is 1. The van der Waals surface area contributed by atoms with Crippen molar-refractivity contribution in [3.8, 4) is 0 Å². The molecule has 2 unspecified atom stereocenters. The summed E-state index contributed by atoms with van der Waals surface area (Å²) in [5.74, 6) is -0.555. The lowest BCUT2D eigenvalue weighted by molar-refractivity contribution is 0.0939. The average molecular weight is 342 g/mol. The van der Waals surface area contributed by atoms with Crippen molar-refractivity contribution >= 4 is 5.91 Å². The van der Waals surface area contributed by atoms with Crippen LogP contribution >= 0.6 is 0 Å². The van der Waals surface area contributed by atoms with Gasteiger partial charge in [-0.05, 0) is 42.7 Å². The number of benzene rings is 2. The van der Waals surface area contributed by atoms with Crippen molar-refractivity contribution in [2.45, 2.75) is 32.0 Å². The zero-order valence-corrected chi connectivity index (χ0v) is 14.3. The predicted molar refractivity (Wildman–Crippen MR) is 94.7 cm³/mol. The third-order valence-electron chi connectivity index (χ3n) is 4.67. The minimum Gasteiger partial charge on any atom is -0.392 e. The van der Waals surface area contributed by atoms with Crippen LogP contribution in [-0.4, -0.2) is 41.1 Å². The number of amides is 1. The molecule has 3 rings (SSSR count). The van der Waals surface area contributed by atoms with Gasteiger partial charge in [-0.25, -0.2) is 4.39 Å². The number of nitrogens with zero attached hydrogens (tertiary/aromatic N) is 1. The minimum atomic E-state index is -0.377. The Hall–Kier alpha value is -2.24. The summed E-state index contributed by atoms with van der Waals surface area (Å²) in [6.07, 6.45) is 0.258. The largest absolute Gasteiger partial charge is 0.392 e. The monoisotopic (exact) mass is 342 g/mol. The van der Waals surface area contributed by atoms with Crippen molar-refractivity contribution < 1.29 is 14.3 Å². The van der Waals surface area contributed by atoms with E-state index in [1.807, 2.05) is 18.2 Å². The highest BCUT2D eigenvalue weighted by molar-refractivity contribution is 5.95. The van der Waals surface area contributed by atoms with Gasteiger partial charge < -0.3 is 10.4 Å². The molecule has 0 bridgehead atoms. The lowest BCUT2D eigenvalue weighted by Crippen LogP contribution is -2.40. The van der Waals surface area contributed by atoms with Crippen LogP contribution in [0.4, 0.5) is 4.39 Å². The lowest BCUT2D eigenvalue weighted by atomic mass is 10.1. The van der Waals surface area contributed by atoms with Crippen LogP contribution in [0.15, 0.2) is 48.5 Å². The molecule has 2 aromatic carbocycles. The van der Waals surface area contributed by atoms with E-state index < -0.39 is 0 Å². The summed E-state index contributed by atoms with van der Waals surface area (Å²) < 4.78 is 13.2. The molecule has 25 heavy (non-hydrogen) atoms. The zero-order chi connectivity index (χ0) is 17.8. The molecule has 0 saturated carbocycles. The number of carbonyl (C=O) groups is 1. The van der Waals surface area contributed by atoms with E-state index in [2.05, 4.69) is 22.3 Å². The standard InChI is InChI=1S/C20H23FN2O2/c1-14-9-16(21)7-8-19(14)20(25)22-11-17-10-18(24)13-23(17)12-15-5-3-2-4-6-15/h2-9,17-18,24H,10-13H2,1H3,(H,22,25). The molecular formula is C20H23FN2O2. The van der Waals surface area contributed by atoms with E-state index in [-0.39, 0.29) is 23.9 Å². The van der Waals surface area contributed by atoms with Gasteiger partial charge in [0.05, 0.1) is 6.10 Å². The molecule has 1 aliphatic heterocycles. The van der Waals surface area contributed by atoms with Crippen molar-refractivity contribution in [3.63, 3.8) is 0 Å². The van der Waals surface area contributed by atoms with Gasteiger partial charge in [0.2, 0.25) is 0 Å². The summed E-state index contributed by atoms with van der Waals surface area (Å²) in [5.41, 5.74) is 2.28. The first-order chi connectivity index (χ1) is 12.0. The molecule has 132 valence electrons. The molecule has 1 saturated heterocycles. The van der Waals surface area contributed by atoms with Crippen molar-refractivity contribution in [2.24, 2.45) is 0 Å². The molecule has 0 spiro atoms. The molecule has 1 fully saturated rings. The van der Waals surface area contributed by atoms with Crippen molar-refractivity contribution in [2.75, 3.05) is 13.1 Å². The highest BCUT2D eigenvalue weighted by atomic mass is 19.1. The predicted octanol–water partition coefficient (Wildman–Crippen LogP) is 2.50. The molecule has 5 heteroatoms. The SMILES string of the molecule is Cc1cc(F)ccc1C(=O)NCC1CC(O)CN1Cc1ccccc1. The summed E-state index contributed by atoms with van der Waals surface area (Å²) in [6, 6.07) is 14.3. The van der Waals surface area contributed by atoms with Gasteiger partial charge in [0.1, 0.15) is 5.82 Å². The molecule has 1 heterocycles. The Morgan fingerprint density at radius 1 is 1.28 bits per heavy atom. The molecule has 0 radical (unpaired) electrons. The number of aliphatic hydroxyl groups excluding tert-OH is 1. The Morgan fingerprint density at radius 3 is 2.76 bits per heavy atom. The van der Waals surface area contributed by atoms with Crippen LogP contribution in [-0.2, 0) is 6.54 Å². The van der Waals surface area contributed by atoms with E-state index in [0.29, 0.717) is 30.6 Å². The van der Waals surface area contributed by atoms with Crippen molar-refractivity contribution in [1.29, 1.82) is 0 Å². The first kappa shape index (κ1) is 17.6. The first-order valence-corrected chi connectivity index (χ1v) is 8.53. The Morgan fingerprint density at radius 2 is 2.04 bits per heavy atom. The molecule has 4 nitrogen and oxygen atoms in total. The van der Waals surface area contributed by atoms with Crippen LogP contribution < -0.4 is 5.32 Å². The Labute approximate surface area is 147 Å². The molecule has 2 aromatic rings. The molecule has 2 atom stereocenters. The highest BCUT2D eigenvalue weighted by Crippen LogP contribution is 2.20. The smallest absolute Gasteiger partial charge is 0.251 e. The summed E-state index contributed by atoms with van der Waals surface area (Å²) >= 11 is 0. The van der Waals surface area contributed by atoms with Crippen molar-refractivity contribution in [1.82, 2.24) is 10.2 Å². The maximum Gasteiger partial charge on any atom is 0.251 e. The van der Waals surface area contributed by atoms with Crippen LogP contribution in [0.2, 0.25) is 0 Å². The number of rotatable bonds is 5. The number of hydrogen-bond acceptors (Lipinski definition) is 3. The van der Waals surface area contributed by atoms with Crippen LogP contribution in [0.3, 0.4) is 0 Å². The molecule has 0 aromatic heterocycles. The zero-order valence-electron chi connectivity index (χ0n) is 14.3. The number of hydrogen-bond donors (Lipinski definition) is 2. The van der Waals surface area contributed by atoms with Crippen LogP contribution in [0, 0.1) is 12.7 Å². The summed E-state index contributed by atoms with van der Waals surface area (Å²) in [5, 5.41) is 12.9. The van der Waals surface area contributed by atoms with E-state index >= 15 is 0 Å². The van der Waals surface area contributed by atoms with Gasteiger partial charge in [-0.15, -0.1) is 0 Å². The maximum atomic E-state index is 13.2. The van der Waals surface area contributed by atoms with Gasteiger partial charge in [-0.3, -0.25) is 9.69 Å². The fourth-order valence-corrected chi connectivity index (χ4v) is 3.37. The van der Waals surface area contributed by atoms with Crippen LogP contribution in [0.5, 0.6) is 0 Å².